The van der Waals surface area contributed by atoms with Crippen LogP contribution in [-0.4, -0.2) is 32.3 Å². The third-order valence-electron chi connectivity index (χ3n) is 2.32. The van der Waals surface area contributed by atoms with Gasteiger partial charge in [-0.05, 0) is 24.7 Å². The van der Waals surface area contributed by atoms with Crippen LogP contribution in [0.4, 0.5) is 0 Å². The highest BCUT2D eigenvalue weighted by atomic mass is 32.2. The first-order valence-corrected chi connectivity index (χ1v) is 5.70. The second kappa shape index (κ2) is 4.04. The van der Waals surface area contributed by atoms with Crippen molar-refractivity contribution in [2.45, 2.75) is 24.5 Å². The molecular formula is C9H12N2O2S. The molecule has 0 saturated carbocycles. The van der Waals surface area contributed by atoms with Crippen LogP contribution in [0.15, 0.2) is 6.07 Å². The average molecular weight is 212 g/mol. The second-order valence-electron chi connectivity index (χ2n) is 3.42. The number of rotatable bonds is 3. The highest BCUT2D eigenvalue weighted by Gasteiger charge is 2.17. The topological polar surface area (TPSA) is 66.0 Å². The molecule has 5 heteroatoms. The minimum Gasteiger partial charge on any atom is -0.476 e. The van der Waals surface area contributed by atoms with Crippen LogP contribution in [0, 0.1) is 0 Å². The summed E-state index contributed by atoms with van der Waals surface area (Å²) in [4.78, 5) is 10.6. The molecule has 2 rings (SSSR count). The minimum atomic E-state index is -0.966. The quantitative estimate of drug-likeness (QED) is 0.797. The number of aromatic carboxylic acids is 1. The number of carboxylic acid groups (broad SMARTS) is 1. The summed E-state index contributed by atoms with van der Waals surface area (Å²) >= 11 is 1.96. The van der Waals surface area contributed by atoms with Crippen molar-refractivity contribution in [2.24, 2.45) is 0 Å². The summed E-state index contributed by atoms with van der Waals surface area (Å²) in [5.41, 5.74) is 1.05. The summed E-state index contributed by atoms with van der Waals surface area (Å²) < 4.78 is 0. The largest absolute Gasteiger partial charge is 0.476 e. The Morgan fingerprint density at radius 3 is 3.21 bits per heavy atom. The maximum absolute atomic E-state index is 10.6. The van der Waals surface area contributed by atoms with E-state index in [0.717, 1.165) is 12.1 Å². The van der Waals surface area contributed by atoms with Gasteiger partial charge in [-0.25, -0.2) is 4.79 Å². The van der Waals surface area contributed by atoms with Crippen LogP contribution >= 0.6 is 11.8 Å². The van der Waals surface area contributed by atoms with Gasteiger partial charge in [0.15, 0.2) is 5.69 Å². The van der Waals surface area contributed by atoms with Crippen molar-refractivity contribution in [3.05, 3.63) is 17.5 Å². The molecule has 1 fully saturated rings. The zero-order chi connectivity index (χ0) is 9.97. The fraction of sp³-hybridized carbons (Fsp3) is 0.556. The molecule has 1 atom stereocenters. The molecule has 2 N–H and O–H groups in total. The van der Waals surface area contributed by atoms with E-state index in [0.29, 0.717) is 5.25 Å². The Morgan fingerprint density at radius 1 is 1.79 bits per heavy atom. The van der Waals surface area contributed by atoms with Crippen molar-refractivity contribution in [1.82, 2.24) is 10.2 Å². The van der Waals surface area contributed by atoms with E-state index < -0.39 is 5.97 Å². The zero-order valence-electron chi connectivity index (χ0n) is 7.69. The van der Waals surface area contributed by atoms with Gasteiger partial charge in [0.25, 0.3) is 0 Å². The Bertz CT molecular complexity index is 331. The van der Waals surface area contributed by atoms with Gasteiger partial charge in [0.05, 0.1) is 0 Å². The SMILES string of the molecule is O=C(O)c1cc(CC2CCCS2)[nH]n1. The predicted molar refractivity (Wildman–Crippen MR) is 54.7 cm³/mol. The molecule has 1 unspecified atom stereocenters. The van der Waals surface area contributed by atoms with Crippen molar-refractivity contribution >= 4 is 17.7 Å². The highest BCUT2D eigenvalue weighted by Crippen LogP contribution is 2.28. The lowest BCUT2D eigenvalue weighted by atomic mass is 10.1. The van der Waals surface area contributed by atoms with Crippen LogP contribution in [0.2, 0.25) is 0 Å². The molecule has 4 nitrogen and oxygen atoms in total. The molecule has 1 saturated heterocycles. The standard InChI is InChI=1S/C9H12N2O2S/c12-9(13)8-5-6(10-11-8)4-7-2-1-3-14-7/h5,7H,1-4H2,(H,10,11)(H,12,13). The highest BCUT2D eigenvalue weighted by molar-refractivity contribution is 8.00. The van der Waals surface area contributed by atoms with Gasteiger partial charge >= 0.3 is 5.97 Å². The molecule has 2 heterocycles. The molecule has 1 aromatic rings. The van der Waals surface area contributed by atoms with E-state index in [1.54, 1.807) is 6.07 Å². The van der Waals surface area contributed by atoms with E-state index >= 15 is 0 Å². The van der Waals surface area contributed by atoms with Gasteiger partial charge in [-0.3, -0.25) is 5.10 Å². The van der Waals surface area contributed by atoms with E-state index in [9.17, 15) is 4.79 Å². The lowest BCUT2D eigenvalue weighted by Crippen LogP contribution is -2.01. The van der Waals surface area contributed by atoms with Crippen molar-refractivity contribution in [2.75, 3.05) is 5.75 Å². The molecule has 0 spiro atoms. The van der Waals surface area contributed by atoms with Crippen LogP contribution in [0.5, 0.6) is 0 Å². The number of hydrogen-bond donors (Lipinski definition) is 2. The molecular weight excluding hydrogens is 200 g/mol. The Balaban J connectivity index is 1.98. The summed E-state index contributed by atoms with van der Waals surface area (Å²) in [6, 6.07) is 1.63. The third-order valence-corrected chi connectivity index (χ3v) is 3.72. The van der Waals surface area contributed by atoms with Gasteiger partial charge in [-0.2, -0.15) is 16.9 Å². The van der Waals surface area contributed by atoms with Gasteiger partial charge in [0, 0.05) is 17.4 Å². The number of H-pyrrole nitrogens is 1. The molecule has 76 valence electrons. The van der Waals surface area contributed by atoms with Gasteiger partial charge in [-0.15, -0.1) is 0 Å². The average Bonchev–Trinajstić information content (AvgIpc) is 2.75. The number of aromatic nitrogens is 2. The number of carbonyl (C=O) groups is 1. The summed E-state index contributed by atoms with van der Waals surface area (Å²) in [7, 11) is 0. The second-order valence-corrected chi connectivity index (χ2v) is 4.83. The molecule has 14 heavy (non-hydrogen) atoms. The van der Waals surface area contributed by atoms with Crippen molar-refractivity contribution in [3.8, 4) is 0 Å². The fourth-order valence-corrected chi connectivity index (χ4v) is 2.92. The Morgan fingerprint density at radius 2 is 2.64 bits per heavy atom. The number of aromatic amines is 1. The lowest BCUT2D eigenvalue weighted by Gasteiger charge is -2.04. The van der Waals surface area contributed by atoms with E-state index in [-0.39, 0.29) is 5.69 Å². The molecule has 1 aliphatic rings. The van der Waals surface area contributed by atoms with Gasteiger partial charge in [0.1, 0.15) is 0 Å². The van der Waals surface area contributed by atoms with Gasteiger partial charge in [-0.1, -0.05) is 0 Å². The number of thioether (sulfide) groups is 1. The Hall–Kier alpha value is -0.970. The van der Waals surface area contributed by atoms with Crippen LogP contribution in [0.1, 0.15) is 29.0 Å². The van der Waals surface area contributed by atoms with Crippen molar-refractivity contribution in [3.63, 3.8) is 0 Å². The summed E-state index contributed by atoms with van der Waals surface area (Å²) in [5.74, 6) is 0.261. The monoisotopic (exact) mass is 212 g/mol. The molecule has 0 aromatic carbocycles. The van der Waals surface area contributed by atoms with E-state index in [1.807, 2.05) is 11.8 Å². The van der Waals surface area contributed by atoms with Crippen LogP contribution in [0.3, 0.4) is 0 Å². The van der Waals surface area contributed by atoms with Gasteiger partial charge in [0.2, 0.25) is 0 Å². The maximum Gasteiger partial charge on any atom is 0.356 e. The van der Waals surface area contributed by atoms with E-state index in [1.165, 1.54) is 18.6 Å². The maximum atomic E-state index is 10.6. The molecule has 0 aliphatic carbocycles. The first-order chi connectivity index (χ1) is 6.75. The zero-order valence-corrected chi connectivity index (χ0v) is 8.51. The summed E-state index contributed by atoms with van der Waals surface area (Å²) in [6.45, 7) is 0. The molecule has 0 bridgehead atoms. The molecule has 1 aliphatic heterocycles. The summed E-state index contributed by atoms with van der Waals surface area (Å²) in [6.07, 6.45) is 3.41. The predicted octanol–water partition coefficient (Wildman–Crippen LogP) is 1.55. The Labute approximate surface area is 86.1 Å². The van der Waals surface area contributed by atoms with Crippen molar-refractivity contribution < 1.29 is 9.90 Å². The van der Waals surface area contributed by atoms with Crippen molar-refractivity contribution in [1.29, 1.82) is 0 Å². The first kappa shape index (κ1) is 9.58. The van der Waals surface area contributed by atoms with Crippen LogP contribution in [-0.2, 0) is 6.42 Å². The number of nitrogens with zero attached hydrogens (tertiary/aromatic N) is 1. The lowest BCUT2D eigenvalue weighted by molar-refractivity contribution is 0.0690. The van der Waals surface area contributed by atoms with E-state index in [2.05, 4.69) is 10.2 Å². The summed E-state index contributed by atoms with van der Waals surface area (Å²) in [5, 5.41) is 15.8. The van der Waals surface area contributed by atoms with Gasteiger partial charge < -0.3 is 5.11 Å². The van der Waals surface area contributed by atoms with E-state index in [4.69, 9.17) is 5.11 Å². The fourth-order valence-electron chi connectivity index (χ4n) is 1.63. The molecule has 0 radical (unpaired) electrons. The smallest absolute Gasteiger partial charge is 0.356 e. The Kier molecular flexibility index (Phi) is 2.77. The normalized spacial score (nSPS) is 21.3. The van der Waals surface area contributed by atoms with Crippen LogP contribution in [0.25, 0.3) is 0 Å². The number of nitrogens with one attached hydrogen (secondary N) is 1. The molecule has 1 aromatic heterocycles. The minimum absolute atomic E-state index is 0.114. The number of carboxylic acids is 1. The molecule has 0 amide bonds. The number of hydrogen-bond acceptors (Lipinski definition) is 3. The van der Waals surface area contributed by atoms with Crippen LogP contribution < -0.4 is 0 Å². The third kappa shape index (κ3) is 2.09. The first-order valence-electron chi connectivity index (χ1n) is 4.65.